The number of Topliss-reactive ketones (excluding diaryl/α,β-unsaturated/α-hetero) is 2. The van der Waals surface area contributed by atoms with Gasteiger partial charge in [0.2, 0.25) is 0 Å². The SMILES string of the molecule is CC1(C)OCC(COCC(=O)c2cc3scnc3c(F)c2Cc2ccc(I)cc2F)O1.O=C(COCC(O)CO)c1cc2scnc2c(F)c1Cc1ccc(I)cc1F.O=C(O)c1cc2scnc2c(F)c1Cc1ccc(I)cc1F. The lowest BCUT2D eigenvalue weighted by Gasteiger charge is -2.17. The lowest BCUT2D eigenvalue weighted by Crippen LogP contribution is -2.25. The number of hydrogen-bond donors (Lipinski definition) is 3. The predicted octanol–water partition coefficient (Wildman–Crippen LogP) is 12.9. The Labute approximate surface area is 511 Å². The lowest BCUT2D eigenvalue weighted by atomic mass is 9.96. The van der Waals surface area contributed by atoms with Crippen LogP contribution in [0.15, 0.2) is 89.3 Å². The van der Waals surface area contributed by atoms with Gasteiger partial charge in [-0.3, -0.25) is 9.59 Å². The van der Waals surface area contributed by atoms with Crippen LogP contribution in [-0.4, -0.2) is 105 Å². The number of aliphatic hydroxyl groups is 2. The number of carboxylic acid groups (broad SMARTS) is 1. The summed E-state index contributed by atoms with van der Waals surface area (Å²) in [7, 11) is 0. The number of carbonyl (C=O) groups excluding carboxylic acids is 2. The first-order valence-electron chi connectivity index (χ1n) is 24.1. The van der Waals surface area contributed by atoms with Crippen molar-refractivity contribution in [3.63, 3.8) is 0 Å². The second kappa shape index (κ2) is 27.8. The van der Waals surface area contributed by atoms with Crippen LogP contribution < -0.4 is 0 Å². The number of benzene rings is 6. The van der Waals surface area contributed by atoms with Crippen molar-refractivity contribution in [1.82, 2.24) is 15.0 Å². The number of nitrogens with zero attached hydrogens (tertiary/aromatic N) is 3. The van der Waals surface area contributed by atoms with E-state index in [4.69, 9.17) is 24.1 Å². The Bertz CT molecular complexity index is 3810. The van der Waals surface area contributed by atoms with Crippen LogP contribution in [0.3, 0.4) is 0 Å². The van der Waals surface area contributed by atoms with E-state index in [-0.39, 0.29) is 112 Å². The first kappa shape index (κ1) is 62.4. The maximum absolute atomic E-state index is 15.3. The van der Waals surface area contributed by atoms with E-state index in [1.165, 1.54) is 75.6 Å². The summed E-state index contributed by atoms with van der Waals surface area (Å²) in [5, 5.41) is 27.4. The fourth-order valence-electron chi connectivity index (χ4n) is 8.40. The molecule has 10 rings (SSSR count). The van der Waals surface area contributed by atoms with E-state index in [1.807, 2.05) is 67.8 Å². The van der Waals surface area contributed by atoms with Gasteiger partial charge in [-0.15, -0.1) is 34.0 Å². The number of halogens is 9. The Balaban J connectivity index is 0.000000162. The monoisotopic (exact) mass is 1510 g/mol. The maximum Gasteiger partial charge on any atom is 0.336 e. The van der Waals surface area contributed by atoms with Crippen molar-refractivity contribution in [3.05, 3.63) is 185 Å². The van der Waals surface area contributed by atoms with Crippen LogP contribution in [0.2, 0.25) is 0 Å². The van der Waals surface area contributed by atoms with E-state index in [0.717, 1.165) is 14.9 Å². The molecule has 424 valence electrons. The molecular weight excluding hydrogens is 1470 g/mol. The van der Waals surface area contributed by atoms with Crippen LogP contribution >= 0.6 is 102 Å². The van der Waals surface area contributed by atoms with E-state index in [0.29, 0.717) is 33.4 Å². The van der Waals surface area contributed by atoms with E-state index in [9.17, 15) is 42.2 Å². The molecule has 0 saturated carbocycles. The minimum absolute atomic E-state index is 0.0500. The number of thiazole rings is 3. The first-order valence-corrected chi connectivity index (χ1v) is 30.0. The van der Waals surface area contributed by atoms with Gasteiger partial charge >= 0.3 is 5.97 Å². The molecule has 0 aliphatic carbocycles. The zero-order valence-corrected chi connectivity index (χ0v) is 51.3. The molecule has 81 heavy (non-hydrogen) atoms. The highest BCUT2D eigenvalue weighted by Gasteiger charge is 2.33. The van der Waals surface area contributed by atoms with Gasteiger partial charge in [0, 0.05) is 57.8 Å². The molecule has 2 unspecified atom stereocenters. The van der Waals surface area contributed by atoms with Gasteiger partial charge in [-0.25, -0.2) is 46.1 Å². The number of carbonyl (C=O) groups is 3. The molecule has 0 bridgehead atoms. The number of ketones is 2. The van der Waals surface area contributed by atoms with Crippen LogP contribution in [0.1, 0.15) is 78.3 Å². The highest BCUT2D eigenvalue weighted by Crippen LogP contribution is 2.33. The van der Waals surface area contributed by atoms with E-state index < -0.39 is 71.8 Å². The van der Waals surface area contributed by atoms with Gasteiger partial charge in [-0.1, -0.05) is 18.2 Å². The topological polar surface area (TPSA) is 187 Å². The van der Waals surface area contributed by atoms with Gasteiger partial charge < -0.3 is 34.3 Å². The van der Waals surface area contributed by atoms with Gasteiger partial charge in [0.05, 0.1) is 62.6 Å². The van der Waals surface area contributed by atoms with Crippen molar-refractivity contribution in [2.45, 2.75) is 51.1 Å². The van der Waals surface area contributed by atoms with Gasteiger partial charge in [-0.05, 0) is 153 Å². The molecule has 1 fully saturated rings. The first-order chi connectivity index (χ1) is 38.6. The van der Waals surface area contributed by atoms with Crippen molar-refractivity contribution in [2.75, 3.05) is 39.6 Å². The van der Waals surface area contributed by atoms with Gasteiger partial charge in [0.15, 0.2) is 34.8 Å². The third kappa shape index (κ3) is 15.6. The molecular formula is C56H44F6I3N3O10S3. The summed E-state index contributed by atoms with van der Waals surface area (Å²) in [4.78, 5) is 48.9. The molecule has 25 heteroatoms. The zero-order chi connectivity index (χ0) is 58.3. The van der Waals surface area contributed by atoms with E-state index >= 15 is 8.78 Å². The van der Waals surface area contributed by atoms with Gasteiger partial charge in [0.1, 0.15) is 59.4 Å². The highest BCUT2D eigenvalue weighted by atomic mass is 127. The van der Waals surface area contributed by atoms with E-state index in [1.54, 1.807) is 50.2 Å². The highest BCUT2D eigenvalue weighted by molar-refractivity contribution is 14.1. The molecule has 0 spiro atoms. The van der Waals surface area contributed by atoms with Crippen LogP contribution in [0.4, 0.5) is 26.3 Å². The Hall–Kier alpha value is -4.67. The summed E-state index contributed by atoms with van der Waals surface area (Å²) in [6.45, 7) is 2.81. The van der Waals surface area contributed by atoms with Crippen molar-refractivity contribution < 1.29 is 75.0 Å². The van der Waals surface area contributed by atoms with Crippen LogP contribution in [0.25, 0.3) is 30.6 Å². The number of aromatic carboxylic acids is 1. The average Bonchev–Trinajstić information content (AvgIpc) is 4.47. The molecule has 6 aromatic carbocycles. The van der Waals surface area contributed by atoms with Crippen molar-refractivity contribution in [2.24, 2.45) is 0 Å². The third-order valence-corrected chi connectivity index (χ3v) is 16.7. The summed E-state index contributed by atoms with van der Waals surface area (Å²) in [5.41, 5.74) is 5.94. The largest absolute Gasteiger partial charge is 0.478 e. The van der Waals surface area contributed by atoms with Crippen molar-refractivity contribution >= 4 is 150 Å². The summed E-state index contributed by atoms with van der Waals surface area (Å²) in [6, 6.07) is 18.4. The van der Waals surface area contributed by atoms with Crippen molar-refractivity contribution in [1.29, 1.82) is 0 Å². The lowest BCUT2D eigenvalue weighted by molar-refractivity contribution is -0.144. The second-order valence-corrected chi connectivity index (χ2v) is 24.8. The minimum atomic E-state index is -1.24. The number of hydrogen-bond acceptors (Lipinski definition) is 15. The third-order valence-electron chi connectivity index (χ3n) is 12.3. The number of aromatic nitrogens is 3. The summed E-state index contributed by atoms with van der Waals surface area (Å²) >= 11 is 9.56. The van der Waals surface area contributed by atoms with Crippen molar-refractivity contribution in [3.8, 4) is 0 Å². The molecule has 1 aliphatic rings. The molecule has 2 atom stereocenters. The molecule has 0 radical (unpaired) electrons. The zero-order valence-electron chi connectivity index (χ0n) is 42.3. The molecule has 1 aliphatic heterocycles. The Morgan fingerprint density at radius 1 is 0.630 bits per heavy atom. The number of carboxylic acids is 1. The second-order valence-electron chi connectivity index (χ2n) is 18.5. The summed E-state index contributed by atoms with van der Waals surface area (Å²) < 4.78 is 113. The fourth-order valence-corrected chi connectivity index (χ4v) is 11.9. The molecule has 4 heterocycles. The predicted molar refractivity (Wildman–Crippen MR) is 320 cm³/mol. The maximum atomic E-state index is 15.3. The number of rotatable bonds is 18. The van der Waals surface area contributed by atoms with Crippen LogP contribution in [0, 0.1) is 45.6 Å². The molecule has 13 nitrogen and oxygen atoms in total. The quantitative estimate of drug-likeness (QED) is 0.0419. The Kier molecular flexibility index (Phi) is 21.4. The standard InChI is InChI=1S/C22H20F2INO4S.C19H16F2INO4S.C15H8F2INO2S/c1-22(2)29-9-14(30-22)8-28-10-18(27)15-7-19-21(26-11-31-19)20(24)16(15)5-12-3-4-13(25)6-17(12)23;20-15-4-11(22)2-1-10(15)3-14-13(16(26)8-27-7-12(25)6-24)5-17-19(18(14)21)23-9-28-17;16-11-4-8(18)2-1-7(11)3-9-10(15(20)21)5-12-14(13(9)17)19-6-22-12/h3-4,6-7,11,14H,5,8-10H2,1-2H3;1-2,4-5,9,12,24-25H,3,6-8H2;1-2,4-6H,3H2,(H,20,21). The number of fused-ring (bicyclic) bond motifs is 3. The molecule has 1 saturated heterocycles. The fraction of sp³-hybridized carbons (Fsp3) is 0.250. The molecule has 0 amide bonds. The minimum Gasteiger partial charge on any atom is -0.478 e. The van der Waals surface area contributed by atoms with Crippen LogP contribution in [0.5, 0.6) is 0 Å². The normalized spacial score (nSPS) is 14.2. The molecule has 9 aromatic rings. The summed E-state index contributed by atoms with van der Waals surface area (Å²) in [6.07, 6.45) is -1.68. The number of ether oxygens (including phenoxy) is 4. The Morgan fingerprint density at radius 3 is 1.37 bits per heavy atom. The van der Waals surface area contributed by atoms with Gasteiger partial charge in [-0.2, -0.15) is 0 Å². The van der Waals surface area contributed by atoms with Crippen LogP contribution in [-0.2, 0) is 38.2 Å². The average molecular weight is 1510 g/mol. The van der Waals surface area contributed by atoms with E-state index in [2.05, 4.69) is 15.0 Å². The summed E-state index contributed by atoms with van der Waals surface area (Å²) in [5.74, 6) is -6.17. The number of aliphatic hydroxyl groups excluding tert-OH is 2. The molecule has 3 aromatic heterocycles. The Morgan fingerprint density at radius 2 is 1.01 bits per heavy atom. The van der Waals surface area contributed by atoms with Gasteiger partial charge in [0.25, 0.3) is 0 Å². The smallest absolute Gasteiger partial charge is 0.336 e. The molecule has 3 N–H and O–H groups in total.